The van der Waals surface area contributed by atoms with Gasteiger partial charge in [-0.25, -0.2) is 0 Å². The number of benzene rings is 5. The standard InChI is InChI=1S/C39H43P/c1-29(2)36-27-28-37(39(31(5)6)38(36)30(3)4)40(32-19-11-7-12-20-32,33-21-13-8-14-22-33,34-23-15-9-16-24-34)35-25-17-10-18-26-35/h7-31H,1-6H3. The molecule has 5 aromatic carbocycles. The Morgan fingerprint density at radius 3 is 0.950 bits per heavy atom. The molecule has 0 spiro atoms. The number of rotatable bonds is 8. The van der Waals surface area contributed by atoms with Crippen LogP contribution in [0.3, 0.4) is 0 Å². The summed E-state index contributed by atoms with van der Waals surface area (Å²) in [5, 5.41) is 7.00. The molecule has 0 aliphatic heterocycles. The quantitative estimate of drug-likeness (QED) is 0.172. The summed E-state index contributed by atoms with van der Waals surface area (Å²) in [5.74, 6) is 1.22. The van der Waals surface area contributed by atoms with Crippen molar-refractivity contribution in [2.24, 2.45) is 0 Å². The molecule has 0 fully saturated rings. The van der Waals surface area contributed by atoms with Gasteiger partial charge in [-0.3, -0.25) is 0 Å². The third kappa shape index (κ3) is 4.08. The molecule has 0 aliphatic carbocycles. The van der Waals surface area contributed by atoms with Gasteiger partial charge >= 0.3 is 243 Å². The Morgan fingerprint density at radius 1 is 0.350 bits per heavy atom. The Labute approximate surface area is 242 Å². The van der Waals surface area contributed by atoms with E-state index < -0.39 is 6.60 Å². The number of hydrogen-bond acceptors (Lipinski definition) is 0. The van der Waals surface area contributed by atoms with Crippen LogP contribution in [0.5, 0.6) is 0 Å². The van der Waals surface area contributed by atoms with E-state index in [0.717, 1.165) is 0 Å². The fourth-order valence-electron chi connectivity index (χ4n) is 7.14. The van der Waals surface area contributed by atoms with Crippen molar-refractivity contribution in [3.05, 3.63) is 150 Å². The zero-order valence-corrected chi connectivity index (χ0v) is 25.8. The van der Waals surface area contributed by atoms with E-state index in [0.29, 0.717) is 17.8 Å². The molecule has 0 aliphatic rings. The van der Waals surface area contributed by atoms with Gasteiger partial charge in [-0.1, -0.05) is 0 Å². The van der Waals surface area contributed by atoms with E-state index in [-0.39, 0.29) is 0 Å². The van der Waals surface area contributed by atoms with Crippen LogP contribution in [0.15, 0.2) is 133 Å². The maximum atomic E-state index is 2.52. The van der Waals surface area contributed by atoms with Crippen LogP contribution in [0, 0.1) is 0 Å². The minimum absolute atomic E-state index is 0.354. The first-order valence-corrected chi connectivity index (χ1v) is 17.0. The summed E-state index contributed by atoms with van der Waals surface area (Å²) in [4.78, 5) is 0. The van der Waals surface area contributed by atoms with Crippen molar-refractivity contribution in [1.29, 1.82) is 0 Å². The van der Waals surface area contributed by atoms with Crippen molar-refractivity contribution >= 4 is 33.1 Å². The van der Waals surface area contributed by atoms with Gasteiger partial charge in [-0.05, 0) is 0 Å². The summed E-state index contributed by atoms with van der Waals surface area (Å²) in [7, 11) is 0. The van der Waals surface area contributed by atoms with Gasteiger partial charge in [0, 0.05) is 0 Å². The van der Waals surface area contributed by atoms with Crippen LogP contribution >= 0.6 is 6.60 Å². The molecule has 0 N–H and O–H groups in total. The van der Waals surface area contributed by atoms with Crippen LogP contribution < -0.4 is 26.5 Å². The maximum absolute atomic E-state index is 3.52. The molecule has 0 unspecified atom stereocenters. The van der Waals surface area contributed by atoms with Crippen molar-refractivity contribution < 1.29 is 0 Å². The SMILES string of the molecule is CC(C)c1ccc(P(c2ccccc2)(c2ccccc2)(c2ccccc2)c2ccccc2)c(C(C)C)c1C(C)C. The first-order valence-electron chi connectivity index (χ1n) is 14.8. The van der Waals surface area contributed by atoms with E-state index in [1.54, 1.807) is 0 Å². The molecule has 204 valence electrons. The molecule has 40 heavy (non-hydrogen) atoms. The third-order valence-corrected chi connectivity index (χ3v) is 15.3. The molecule has 0 amide bonds. The fraction of sp³-hybridized carbons (Fsp3) is 0.231. The topological polar surface area (TPSA) is 0 Å². The number of hydrogen-bond donors (Lipinski definition) is 0. The Hall–Kier alpha value is -3.47. The van der Waals surface area contributed by atoms with Gasteiger partial charge in [0.25, 0.3) is 0 Å². The average molecular weight is 543 g/mol. The fourth-order valence-corrected chi connectivity index (χ4v) is 14.3. The summed E-state index contributed by atoms with van der Waals surface area (Å²) in [6.07, 6.45) is 0. The molecule has 5 rings (SSSR count). The normalized spacial score (nSPS) is 13.0. The predicted molar refractivity (Wildman–Crippen MR) is 180 cm³/mol. The first-order chi connectivity index (χ1) is 19.3. The van der Waals surface area contributed by atoms with Gasteiger partial charge in [0.2, 0.25) is 0 Å². The monoisotopic (exact) mass is 542 g/mol. The summed E-state index contributed by atoms with van der Waals surface area (Å²) >= 11 is 0. The second-order valence-electron chi connectivity index (χ2n) is 11.9. The van der Waals surface area contributed by atoms with Crippen molar-refractivity contribution in [2.45, 2.75) is 59.3 Å². The van der Waals surface area contributed by atoms with Gasteiger partial charge in [-0.2, -0.15) is 0 Å². The van der Waals surface area contributed by atoms with Crippen LogP contribution in [-0.2, 0) is 0 Å². The van der Waals surface area contributed by atoms with E-state index >= 15 is 0 Å². The van der Waals surface area contributed by atoms with Crippen LogP contribution in [0.1, 0.15) is 76.0 Å². The zero-order chi connectivity index (χ0) is 28.4. The van der Waals surface area contributed by atoms with Crippen molar-refractivity contribution in [2.75, 3.05) is 0 Å². The minimum atomic E-state index is -3.52. The molecule has 0 heterocycles. The molecule has 0 saturated carbocycles. The second kappa shape index (κ2) is 11.2. The average Bonchev–Trinajstić information content (AvgIpc) is 2.99. The molecule has 1 heteroatoms. The van der Waals surface area contributed by atoms with E-state index in [1.165, 1.54) is 43.2 Å². The molecule has 5 aromatic rings. The van der Waals surface area contributed by atoms with Crippen LogP contribution in [0.25, 0.3) is 0 Å². The summed E-state index contributed by atoms with van der Waals surface area (Å²) in [6.45, 7) is 10.7. The van der Waals surface area contributed by atoms with E-state index in [2.05, 4.69) is 175 Å². The molecule has 0 bridgehead atoms. The van der Waals surface area contributed by atoms with E-state index in [9.17, 15) is 0 Å². The summed E-state index contributed by atoms with van der Waals surface area (Å²) in [5.41, 5.74) is 4.51. The molecule has 0 aromatic heterocycles. The van der Waals surface area contributed by atoms with Crippen molar-refractivity contribution in [3.8, 4) is 0 Å². The first kappa shape index (κ1) is 28.1. The van der Waals surface area contributed by atoms with Gasteiger partial charge < -0.3 is 0 Å². The molecule has 0 radical (unpaired) electrons. The van der Waals surface area contributed by atoms with E-state index in [4.69, 9.17) is 0 Å². The van der Waals surface area contributed by atoms with Crippen LogP contribution in [0.4, 0.5) is 0 Å². The molecule has 0 nitrogen and oxygen atoms in total. The van der Waals surface area contributed by atoms with Crippen LogP contribution in [-0.4, -0.2) is 0 Å². The molecular formula is C39H43P. The second-order valence-corrected chi connectivity index (χ2v) is 16.7. The molecular weight excluding hydrogens is 499 g/mol. The summed E-state index contributed by atoms with van der Waals surface area (Å²) in [6, 6.07) is 50.5. The van der Waals surface area contributed by atoms with Crippen LogP contribution in [0.2, 0.25) is 0 Å². The third-order valence-electron chi connectivity index (χ3n) is 8.65. The summed E-state index contributed by atoms with van der Waals surface area (Å²) < 4.78 is 0. The van der Waals surface area contributed by atoms with Crippen molar-refractivity contribution in [3.63, 3.8) is 0 Å². The Balaban J connectivity index is 2.21. The zero-order valence-electron chi connectivity index (χ0n) is 24.9. The van der Waals surface area contributed by atoms with E-state index in [1.807, 2.05) is 0 Å². The van der Waals surface area contributed by atoms with Gasteiger partial charge in [0.15, 0.2) is 0 Å². The molecule has 0 atom stereocenters. The van der Waals surface area contributed by atoms with Gasteiger partial charge in [-0.15, -0.1) is 0 Å². The Bertz CT molecular complexity index is 1380. The molecule has 0 saturated heterocycles. The Morgan fingerprint density at radius 2 is 0.675 bits per heavy atom. The van der Waals surface area contributed by atoms with Gasteiger partial charge in [0.05, 0.1) is 0 Å². The van der Waals surface area contributed by atoms with Crippen molar-refractivity contribution in [1.82, 2.24) is 0 Å². The Kier molecular flexibility index (Phi) is 7.85. The predicted octanol–water partition coefficient (Wildman–Crippen LogP) is 8.54. The van der Waals surface area contributed by atoms with Gasteiger partial charge in [0.1, 0.15) is 0 Å².